The van der Waals surface area contributed by atoms with Crippen molar-refractivity contribution in [2.75, 3.05) is 0 Å². The maximum Gasteiger partial charge on any atom is 0.145 e. The van der Waals surface area contributed by atoms with Crippen molar-refractivity contribution in [2.45, 2.75) is 6.42 Å². The summed E-state index contributed by atoms with van der Waals surface area (Å²) in [6.07, 6.45) is 7.78. The molecule has 1 atom stereocenters. The largest absolute Gasteiger partial charge is 0.294 e. The summed E-state index contributed by atoms with van der Waals surface area (Å²) in [6, 6.07) is 70.5. The van der Waals surface area contributed by atoms with E-state index in [2.05, 4.69) is 205 Å². The maximum absolute atomic E-state index is 4.86. The van der Waals surface area contributed by atoms with Crippen LogP contribution in [-0.2, 0) is 0 Å². The van der Waals surface area contributed by atoms with Gasteiger partial charge >= 0.3 is 0 Å². The molecule has 2 heteroatoms. The fourth-order valence-electron chi connectivity index (χ4n) is 9.38. The van der Waals surface area contributed by atoms with Crippen LogP contribution in [0.2, 0.25) is 0 Å². The Labute approximate surface area is 332 Å². The topological polar surface area (TPSA) is 17.8 Å². The van der Waals surface area contributed by atoms with Gasteiger partial charge in [0.2, 0.25) is 0 Å². The Bertz CT molecular complexity index is 3190. The molecule has 9 aromatic rings. The van der Waals surface area contributed by atoms with Crippen LogP contribution in [0.5, 0.6) is 0 Å². The fraction of sp³-hybridized carbons (Fsp3) is 0.0364. The molecule has 0 fully saturated rings. The third kappa shape index (κ3) is 5.52. The van der Waals surface area contributed by atoms with Crippen molar-refractivity contribution in [2.24, 2.45) is 5.92 Å². The molecule has 7 aromatic carbocycles. The Kier molecular flexibility index (Phi) is 8.00. The quantitative estimate of drug-likeness (QED) is 0.167. The molecular weight excluding hydrogens is 689 g/mol. The predicted octanol–water partition coefficient (Wildman–Crippen LogP) is 12.0. The average Bonchev–Trinajstić information content (AvgIpc) is 3.62. The Hall–Kier alpha value is -7.29. The molecule has 0 amide bonds. The highest BCUT2D eigenvalue weighted by atomic mass is 15.0. The van der Waals surface area contributed by atoms with E-state index in [1.165, 1.54) is 77.1 Å². The molecule has 57 heavy (non-hydrogen) atoms. The number of pyridine rings is 1. The fourth-order valence-corrected chi connectivity index (χ4v) is 9.38. The smallest absolute Gasteiger partial charge is 0.145 e. The van der Waals surface area contributed by atoms with Crippen LogP contribution >= 0.6 is 0 Å². The van der Waals surface area contributed by atoms with Crippen LogP contribution in [0.3, 0.4) is 0 Å². The molecule has 0 radical (unpaired) electrons. The molecule has 0 saturated carbocycles. The number of hydrogen-bond donors (Lipinski definition) is 0. The second-order valence-electron chi connectivity index (χ2n) is 15.0. The summed E-state index contributed by atoms with van der Waals surface area (Å²) in [5.41, 5.74) is 17.2. The van der Waals surface area contributed by atoms with Gasteiger partial charge in [0.25, 0.3) is 0 Å². The van der Waals surface area contributed by atoms with Crippen LogP contribution in [0.25, 0.3) is 66.6 Å². The number of allylic oxidation sites excluding steroid dienone is 4. The normalized spacial score (nSPS) is 14.9. The van der Waals surface area contributed by atoms with Crippen LogP contribution in [-0.4, -0.2) is 9.55 Å². The Morgan fingerprint density at radius 1 is 0.474 bits per heavy atom. The van der Waals surface area contributed by atoms with Gasteiger partial charge in [-0.1, -0.05) is 170 Å². The van der Waals surface area contributed by atoms with E-state index in [-0.39, 0.29) is 5.92 Å². The molecule has 2 aliphatic rings. The lowest BCUT2D eigenvalue weighted by molar-refractivity contribution is 0.800. The summed E-state index contributed by atoms with van der Waals surface area (Å²) in [5.74, 6) is 0.236. The van der Waals surface area contributed by atoms with Gasteiger partial charge in [0.05, 0.1) is 5.52 Å². The Balaban J connectivity index is 1.07. The molecule has 0 saturated heterocycles. The van der Waals surface area contributed by atoms with Gasteiger partial charge in [-0.2, -0.15) is 0 Å². The molecule has 1 unspecified atom stereocenters. The first-order valence-corrected chi connectivity index (χ1v) is 19.8. The standard InChI is InChI=1S/C55H38N2/c1-4-17-37(18-5-1)53-46-27-14-15-28-47(46)54(38-19-6-2-7-20-38)51-36-39(30-32-48(51)53)42-23-10-12-25-44(42)45-26-13-11-24-43(45)40-31-33-52-50(35-40)49-29-16-34-56-55(49)57(52)41-21-8-3-9-22-41/h1-31,33-36,48H,32H2. The van der Waals surface area contributed by atoms with E-state index in [1.54, 1.807) is 0 Å². The number of nitrogens with zero attached hydrogens (tertiary/aromatic N) is 2. The zero-order chi connectivity index (χ0) is 37.7. The van der Waals surface area contributed by atoms with E-state index in [9.17, 15) is 0 Å². The second-order valence-corrected chi connectivity index (χ2v) is 15.0. The van der Waals surface area contributed by atoms with E-state index in [0.717, 1.165) is 28.7 Å². The molecule has 2 aliphatic carbocycles. The van der Waals surface area contributed by atoms with Crippen molar-refractivity contribution in [3.8, 4) is 27.9 Å². The van der Waals surface area contributed by atoms with E-state index in [1.807, 2.05) is 12.3 Å². The molecule has 0 bridgehead atoms. The molecule has 2 aromatic heterocycles. The van der Waals surface area contributed by atoms with Crippen molar-refractivity contribution in [3.63, 3.8) is 0 Å². The van der Waals surface area contributed by atoms with Gasteiger partial charge in [0.15, 0.2) is 0 Å². The number of fused-ring (bicyclic) bond motifs is 5. The van der Waals surface area contributed by atoms with Gasteiger partial charge < -0.3 is 0 Å². The van der Waals surface area contributed by atoms with Crippen LogP contribution < -0.4 is 10.4 Å². The van der Waals surface area contributed by atoms with Gasteiger partial charge in [-0.25, -0.2) is 4.98 Å². The van der Waals surface area contributed by atoms with E-state index >= 15 is 0 Å². The zero-order valence-corrected chi connectivity index (χ0v) is 31.4. The van der Waals surface area contributed by atoms with Crippen LogP contribution in [0.4, 0.5) is 0 Å². The molecular formula is C55H38N2. The summed E-state index contributed by atoms with van der Waals surface area (Å²) >= 11 is 0. The summed E-state index contributed by atoms with van der Waals surface area (Å²) in [7, 11) is 0. The highest BCUT2D eigenvalue weighted by molar-refractivity contribution is 6.09. The van der Waals surface area contributed by atoms with Gasteiger partial charge in [-0.15, -0.1) is 0 Å². The molecule has 0 aliphatic heterocycles. The van der Waals surface area contributed by atoms with Crippen molar-refractivity contribution < 1.29 is 0 Å². The summed E-state index contributed by atoms with van der Waals surface area (Å²) in [5, 5.41) is 4.97. The lowest BCUT2D eigenvalue weighted by Gasteiger charge is -2.33. The lowest BCUT2D eigenvalue weighted by atomic mass is 9.71. The van der Waals surface area contributed by atoms with Crippen molar-refractivity contribution in [1.82, 2.24) is 9.55 Å². The van der Waals surface area contributed by atoms with E-state index < -0.39 is 0 Å². The number of aromatic nitrogens is 2. The van der Waals surface area contributed by atoms with Gasteiger partial charge in [-0.3, -0.25) is 4.57 Å². The minimum absolute atomic E-state index is 0.236. The summed E-state index contributed by atoms with van der Waals surface area (Å²) in [6.45, 7) is 0. The molecule has 2 heterocycles. The van der Waals surface area contributed by atoms with Crippen LogP contribution in [0.1, 0.15) is 23.1 Å². The first kappa shape index (κ1) is 33.1. The minimum atomic E-state index is 0.236. The lowest BCUT2D eigenvalue weighted by Crippen LogP contribution is -2.37. The molecule has 0 spiro atoms. The number of hydrogen-bond acceptors (Lipinski definition) is 1. The SMILES string of the molecule is C1=C(c2ccccc2-c2ccccc2-c2ccc3c(c2)c2cccnc2n3-c2ccccc2)C=C2C(c3ccccc3)=c3ccccc3=C(c3ccccc3)C2C1. The van der Waals surface area contributed by atoms with E-state index in [0.29, 0.717) is 0 Å². The second kappa shape index (κ2) is 13.8. The monoisotopic (exact) mass is 726 g/mol. The number of para-hydroxylation sites is 1. The predicted molar refractivity (Wildman–Crippen MR) is 237 cm³/mol. The van der Waals surface area contributed by atoms with Gasteiger partial charge in [0, 0.05) is 28.6 Å². The van der Waals surface area contributed by atoms with Crippen molar-refractivity contribution in [1.29, 1.82) is 0 Å². The van der Waals surface area contributed by atoms with Crippen LogP contribution in [0, 0.1) is 5.92 Å². The van der Waals surface area contributed by atoms with Gasteiger partial charge in [0.1, 0.15) is 5.65 Å². The summed E-state index contributed by atoms with van der Waals surface area (Å²) in [4.78, 5) is 4.86. The Morgan fingerprint density at radius 2 is 1.09 bits per heavy atom. The van der Waals surface area contributed by atoms with Crippen molar-refractivity contribution in [3.05, 3.63) is 245 Å². The van der Waals surface area contributed by atoms with E-state index in [4.69, 9.17) is 4.98 Å². The van der Waals surface area contributed by atoms with Gasteiger partial charge in [-0.05, 0) is 114 Å². The third-order valence-electron chi connectivity index (χ3n) is 11.8. The molecule has 2 nitrogen and oxygen atoms in total. The number of benzene rings is 7. The Morgan fingerprint density at radius 3 is 1.84 bits per heavy atom. The first-order chi connectivity index (χ1) is 28.3. The highest BCUT2D eigenvalue weighted by Gasteiger charge is 2.31. The maximum atomic E-state index is 4.86. The first-order valence-electron chi connectivity index (χ1n) is 19.8. The average molecular weight is 727 g/mol. The highest BCUT2D eigenvalue weighted by Crippen LogP contribution is 2.46. The van der Waals surface area contributed by atoms with Crippen LogP contribution in [0.15, 0.2) is 218 Å². The van der Waals surface area contributed by atoms with Crippen molar-refractivity contribution >= 4 is 38.7 Å². The molecule has 0 N–H and O–H groups in total. The summed E-state index contributed by atoms with van der Waals surface area (Å²) < 4.78 is 2.27. The molecule has 268 valence electrons. The zero-order valence-electron chi connectivity index (χ0n) is 31.4. The third-order valence-corrected chi connectivity index (χ3v) is 11.8. The molecule has 11 rings (SSSR count). The number of rotatable bonds is 6. The minimum Gasteiger partial charge on any atom is -0.294 e.